The highest BCUT2D eigenvalue weighted by Crippen LogP contribution is 2.44. The molecule has 2 atom stereocenters. The van der Waals surface area contributed by atoms with Crippen molar-refractivity contribution in [3.63, 3.8) is 0 Å². The molecule has 1 rings (SSSR count). The van der Waals surface area contributed by atoms with Crippen molar-refractivity contribution in [2.24, 2.45) is 11.7 Å². The zero-order valence-electron chi connectivity index (χ0n) is 6.74. The van der Waals surface area contributed by atoms with Crippen molar-refractivity contribution >= 4 is 11.9 Å². The van der Waals surface area contributed by atoms with Crippen LogP contribution in [0.25, 0.3) is 0 Å². The number of hydrogen-bond donors (Lipinski definition) is 2. The number of hydrogen-bond acceptors (Lipinski definition) is 4. The number of aliphatic carboxylic acids is 1. The van der Waals surface area contributed by atoms with Gasteiger partial charge in [-0.1, -0.05) is 0 Å². The molecule has 0 bridgehead atoms. The molecule has 5 nitrogen and oxygen atoms in total. The predicted octanol–water partition coefficient (Wildman–Crippen LogP) is -0.648. The minimum atomic E-state index is -1.03. The molecule has 0 radical (unpaired) electrons. The maximum Gasteiger partial charge on any atom is 0.326 e. The summed E-state index contributed by atoms with van der Waals surface area (Å²) >= 11 is 0. The second-order valence-electron chi connectivity index (χ2n) is 3.03. The quantitative estimate of drug-likeness (QED) is 0.553. The number of carbonyl (C=O) groups is 2. The first-order chi connectivity index (χ1) is 5.50. The first-order valence-electron chi connectivity index (χ1n) is 3.60. The molecule has 0 saturated heterocycles. The number of methoxy groups -OCH3 is 1. The lowest BCUT2D eigenvalue weighted by Crippen LogP contribution is -2.36. The summed E-state index contributed by atoms with van der Waals surface area (Å²) in [4.78, 5) is 21.2. The molecular formula is C7H11NO4. The van der Waals surface area contributed by atoms with Crippen molar-refractivity contribution in [3.8, 4) is 0 Å². The van der Waals surface area contributed by atoms with E-state index < -0.39 is 17.5 Å². The lowest BCUT2D eigenvalue weighted by molar-refractivity contribution is -0.144. The van der Waals surface area contributed by atoms with E-state index in [9.17, 15) is 9.59 Å². The second kappa shape index (κ2) is 2.75. The Morgan fingerprint density at radius 3 is 2.75 bits per heavy atom. The summed E-state index contributed by atoms with van der Waals surface area (Å²) in [6, 6.07) is 0. The third-order valence-electron chi connectivity index (χ3n) is 2.14. The van der Waals surface area contributed by atoms with E-state index in [2.05, 4.69) is 4.74 Å². The third-order valence-corrected chi connectivity index (χ3v) is 2.14. The lowest BCUT2D eigenvalue weighted by Gasteiger charge is -2.06. The first kappa shape index (κ1) is 8.99. The normalized spacial score (nSPS) is 32.7. The Balaban J connectivity index is 2.48. The first-order valence-corrected chi connectivity index (χ1v) is 3.60. The van der Waals surface area contributed by atoms with Gasteiger partial charge in [-0.15, -0.1) is 0 Å². The van der Waals surface area contributed by atoms with Gasteiger partial charge < -0.3 is 15.6 Å². The van der Waals surface area contributed by atoms with Crippen molar-refractivity contribution in [1.29, 1.82) is 0 Å². The van der Waals surface area contributed by atoms with Crippen LogP contribution >= 0.6 is 0 Å². The van der Waals surface area contributed by atoms with Crippen LogP contribution in [-0.4, -0.2) is 29.7 Å². The van der Waals surface area contributed by atoms with Crippen LogP contribution in [0.5, 0.6) is 0 Å². The van der Waals surface area contributed by atoms with Crippen molar-refractivity contribution in [2.45, 2.75) is 18.4 Å². The van der Waals surface area contributed by atoms with Gasteiger partial charge in [-0.05, 0) is 6.42 Å². The zero-order valence-corrected chi connectivity index (χ0v) is 6.74. The number of carboxylic acid groups (broad SMARTS) is 1. The largest absolute Gasteiger partial charge is 0.481 e. The van der Waals surface area contributed by atoms with E-state index in [-0.39, 0.29) is 12.3 Å². The Morgan fingerprint density at radius 1 is 1.75 bits per heavy atom. The predicted molar refractivity (Wildman–Crippen MR) is 39.3 cm³/mol. The summed E-state index contributed by atoms with van der Waals surface area (Å²) in [5, 5.41) is 8.40. The number of rotatable bonds is 3. The minimum absolute atomic E-state index is 0.0639. The van der Waals surface area contributed by atoms with Crippen molar-refractivity contribution < 1.29 is 19.4 Å². The third kappa shape index (κ3) is 1.40. The molecule has 0 spiro atoms. The number of nitrogens with two attached hydrogens (primary N) is 1. The van der Waals surface area contributed by atoms with Gasteiger partial charge in [0, 0.05) is 5.92 Å². The van der Waals surface area contributed by atoms with Gasteiger partial charge in [0.15, 0.2) is 0 Å². The fraction of sp³-hybridized carbons (Fsp3) is 0.714. The van der Waals surface area contributed by atoms with Gasteiger partial charge in [-0.25, -0.2) is 0 Å². The Morgan fingerprint density at radius 2 is 2.33 bits per heavy atom. The average molecular weight is 173 g/mol. The number of carboxylic acids is 1. The summed E-state index contributed by atoms with van der Waals surface area (Å²) < 4.78 is 4.43. The number of carbonyl (C=O) groups excluding carboxylic acids is 1. The fourth-order valence-electron chi connectivity index (χ4n) is 1.25. The molecule has 5 heteroatoms. The SMILES string of the molecule is COC(=O)C1(N)CC1CC(=O)O. The molecule has 1 saturated carbocycles. The summed E-state index contributed by atoms with van der Waals surface area (Å²) in [6.45, 7) is 0. The van der Waals surface area contributed by atoms with E-state index in [0.29, 0.717) is 6.42 Å². The molecule has 1 fully saturated rings. The van der Waals surface area contributed by atoms with E-state index in [1.54, 1.807) is 0 Å². The Labute approximate surface area is 69.5 Å². The highest BCUT2D eigenvalue weighted by atomic mass is 16.5. The van der Waals surface area contributed by atoms with Crippen LogP contribution < -0.4 is 5.73 Å². The molecule has 2 unspecified atom stereocenters. The van der Waals surface area contributed by atoms with Gasteiger partial charge in [0.25, 0.3) is 0 Å². The van der Waals surface area contributed by atoms with Gasteiger partial charge in [0.2, 0.25) is 0 Å². The van der Waals surface area contributed by atoms with Gasteiger partial charge in [-0.2, -0.15) is 0 Å². The summed E-state index contributed by atoms with van der Waals surface area (Å²) in [5.74, 6) is -1.72. The summed E-state index contributed by atoms with van der Waals surface area (Å²) in [6.07, 6.45) is 0.345. The van der Waals surface area contributed by atoms with Crippen LogP contribution in [0.3, 0.4) is 0 Å². The zero-order chi connectivity index (χ0) is 9.35. The summed E-state index contributed by atoms with van der Waals surface area (Å²) in [5.41, 5.74) is 4.52. The van der Waals surface area contributed by atoms with Gasteiger partial charge in [0.1, 0.15) is 5.54 Å². The highest BCUT2D eigenvalue weighted by Gasteiger charge is 2.58. The van der Waals surface area contributed by atoms with Crippen LogP contribution in [0.15, 0.2) is 0 Å². The monoisotopic (exact) mass is 173 g/mol. The van der Waals surface area contributed by atoms with Gasteiger partial charge in [-0.3, -0.25) is 9.59 Å². The van der Waals surface area contributed by atoms with Gasteiger partial charge >= 0.3 is 11.9 Å². The van der Waals surface area contributed by atoms with Crippen molar-refractivity contribution in [1.82, 2.24) is 0 Å². The molecule has 0 aromatic carbocycles. The lowest BCUT2D eigenvalue weighted by atomic mass is 10.2. The molecule has 1 aliphatic carbocycles. The standard InChI is InChI=1S/C7H11NO4/c1-12-6(11)7(8)3-4(7)2-5(9)10/h4H,2-3,8H2,1H3,(H,9,10). The molecule has 68 valence electrons. The van der Waals surface area contributed by atoms with Crippen LogP contribution in [-0.2, 0) is 14.3 Å². The molecule has 12 heavy (non-hydrogen) atoms. The molecule has 1 aliphatic rings. The van der Waals surface area contributed by atoms with Crippen molar-refractivity contribution in [2.75, 3.05) is 7.11 Å². The van der Waals surface area contributed by atoms with Crippen LogP contribution in [0.1, 0.15) is 12.8 Å². The van der Waals surface area contributed by atoms with Crippen LogP contribution in [0.4, 0.5) is 0 Å². The van der Waals surface area contributed by atoms with E-state index in [1.165, 1.54) is 7.11 Å². The highest BCUT2D eigenvalue weighted by molar-refractivity contribution is 5.86. The molecule has 0 amide bonds. The molecule has 0 aromatic heterocycles. The molecule has 3 N–H and O–H groups in total. The Hall–Kier alpha value is -1.10. The number of ether oxygens (including phenoxy) is 1. The van der Waals surface area contributed by atoms with E-state index in [0.717, 1.165) is 0 Å². The minimum Gasteiger partial charge on any atom is -0.481 e. The number of esters is 1. The van der Waals surface area contributed by atoms with E-state index >= 15 is 0 Å². The van der Waals surface area contributed by atoms with Gasteiger partial charge in [0.05, 0.1) is 13.5 Å². The van der Waals surface area contributed by atoms with E-state index in [4.69, 9.17) is 10.8 Å². The van der Waals surface area contributed by atoms with Crippen LogP contribution in [0.2, 0.25) is 0 Å². The Bertz CT molecular complexity index is 227. The molecule has 0 heterocycles. The topological polar surface area (TPSA) is 89.6 Å². The maximum absolute atomic E-state index is 10.9. The maximum atomic E-state index is 10.9. The Kier molecular flexibility index (Phi) is 2.06. The second-order valence-corrected chi connectivity index (χ2v) is 3.03. The average Bonchev–Trinajstić information content (AvgIpc) is 2.60. The fourth-order valence-corrected chi connectivity index (χ4v) is 1.25. The molecule has 0 aromatic rings. The summed E-state index contributed by atoms with van der Waals surface area (Å²) in [7, 11) is 1.24. The molecule has 0 aliphatic heterocycles. The molecular weight excluding hydrogens is 162 g/mol. The smallest absolute Gasteiger partial charge is 0.326 e. The van der Waals surface area contributed by atoms with Crippen LogP contribution in [0, 0.1) is 5.92 Å². The van der Waals surface area contributed by atoms with Crippen molar-refractivity contribution in [3.05, 3.63) is 0 Å². The van der Waals surface area contributed by atoms with E-state index in [1.807, 2.05) is 0 Å².